The zero-order chi connectivity index (χ0) is 27.1. The molecule has 0 N–H and O–H groups in total. The maximum atomic E-state index is 13.5. The van der Waals surface area contributed by atoms with Crippen LogP contribution < -0.4 is 0 Å². The van der Waals surface area contributed by atoms with Crippen LogP contribution >= 0.6 is 0 Å². The molecule has 0 aliphatic carbocycles. The number of Topliss-reactive ketones (excluding diaryl/α,β-unsaturated/α-hetero) is 1. The normalized spacial score (nSPS) is 14.6. The molecule has 0 bridgehead atoms. The van der Waals surface area contributed by atoms with E-state index in [2.05, 4.69) is 23.3 Å². The number of nitrogens with zero attached hydrogens (tertiary/aromatic N) is 2. The van der Waals surface area contributed by atoms with Gasteiger partial charge in [0.05, 0.1) is 12.4 Å². The minimum Gasteiger partial charge on any atom is -0.499 e. The number of hydrogen-bond acceptors (Lipinski definition) is 4. The van der Waals surface area contributed by atoms with Gasteiger partial charge < -0.3 is 19.3 Å². The van der Waals surface area contributed by atoms with E-state index >= 15 is 0 Å². The fourth-order valence-corrected chi connectivity index (χ4v) is 5.55. The highest BCUT2D eigenvalue weighted by Crippen LogP contribution is 2.21. The minimum atomic E-state index is 0.284. The van der Waals surface area contributed by atoms with Crippen molar-refractivity contribution in [2.24, 2.45) is 0 Å². The third-order valence-corrected chi connectivity index (χ3v) is 7.73. The van der Waals surface area contributed by atoms with Crippen LogP contribution in [0.4, 0.5) is 0 Å². The highest BCUT2D eigenvalue weighted by atomic mass is 16.5. The Morgan fingerprint density at radius 2 is 1.41 bits per heavy atom. The van der Waals surface area contributed by atoms with Gasteiger partial charge in [0.2, 0.25) is 5.91 Å². The van der Waals surface area contributed by atoms with Crippen LogP contribution in [-0.2, 0) is 14.3 Å². The maximum Gasteiger partial charge on any atom is 0.222 e. The Morgan fingerprint density at radius 1 is 0.811 bits per heavy atom. The number of amides is 1. The van der Waals surface area contributed by atoms with Crippen molar-refractivity contribution in [3.05, 3.63) is 12.3 Å². The smallest absolute Gasteiger partial charge is 0.222 e. The summed E-state index contributed by atoms with van der Waals surface area (Å²) in [4.78, 5) is 29.7. The number of likely N-dealkylation sites (tertiary alicyclic amines) is 1. The van der Waals surface area contributed by atoms with Gasteiger partial charge in [0, 0.05) is 31.8 Å². The molecular formula is C32H60N2O3. The number of rotatable bonds is 25. The average molecular weight is 521 g/mol. The van der Waals surface area contributed by atoms with E-state index in [4.69, 9.17) is 4.74 Å². The van der Waals surface area contributed by atoms with E-state index in [1.807, 2.05) is 6.92 Å². The Morgan fingerprint density at radius 3 is 2.03 bits per heavy atom. The van der Waals surface area contributed by atoms with Crippen molar-refractivity contribution in [1.29, 1.82) is 0 Å². The summed E-state index contributed by atoms with van der Waals surface area (Å²) in [6, 6.07) is 0.328. The fourth-order valence-electron chi connectivity index (χ4n) is 5.55. The first-order valence-corrected chi connectivity index (χ1v) is 15.8. The summed E-state index contributed by atoms with van der Waals surface area (Å²) < 4.78 is 5.51. The molecule has 0 spiro atoms. The Balaban J connectivity index is 2.69. The largest absolute Gasteiger partial charge is 0.499 e. The summed E-state index contributed by atoms with van der Waals surface area (Å²) in [5.74, 6) is 1.55. The zero-order valence-corrected chi connectivity index (χ0v) is 24.9. The Kier molecular flexibility index (Phi) is 20.6. The lowest BCUT2D eigenvalue weighted by molar-refractivity contribution is -0.134. The molecule has 1 fully saturated rings. The first-order valence-electron chi connectivity index (χ1n) is 15.8. The second kappa shape index (κ2) is 22.6. The van der Waals surface area contributed by atoms with E-state index in [0.29, 0.717) is 31.4 Å². The minimum absolute atomic E-state index is 0.284. The topological polar surface area (TPSA) is 49.9 Å². The molecule has 37 heavy (non-hydrogen) atoms. The first kappa shape index (κ1) is 33.7. The molecular weight excluding hydrogens is 460 g/mol. The lowest BCUT2D eigenvalue weighted by Crippen LogP contribution is -2.42. The zero-order valence-electron chi connectivity index (χ0n) is 24.9. The van der Waals surface area contributed by atoms with Crippen molar-refractivity contribution in [2.45, 2.75) is 149 Å². The fraction of sp³-hybridized carbons (Fsp3) is 0.875. The summed E-state index contributed by atoms with van der Waals surface area (Å²) in [6.45, 7) is 15.1. The highest BCUT2D eigenvalue weighted by molar-refractivity contribution is 5.76. The molecule has 1 amide bonds. The van der Waals surface area contributed by atoms with Gasteiger partial charge >= 0.3 is 0 Å². The van der Waals surface area contributed by atoms with Crippen molar-refractivity contribution in [1.82, 2.24) is 9.80 Å². The predicted octanol–water partition coefficient (Wildman–Crippen LogP) is 8.07. The van der Waals surface area contributed by atoms with E-state index < -0.39 is 0 Å². The summed E-state index contributed by atoms with van der Waals surface area (Å²) in [5.41, 5.74) is 0. The lowest BCUT2D eigenvalue weighted by Gasteiger charge is -2.33. The number of allylic oxidation sites excluding steroid dienone is 1. The number of unbranched alkanes of at least 4 members (excludes halogenated alkanes) is 8. The number of ketones is 1. The number of carbonyl (C=O) groups excluding carboxylic acids is 2. The monoisotopic (exact) mass is 520 g/mol. The summed E-state index contributed by atoms with van der Waals surface area (Å²) in [5, 5.41) is 0. The van der Waals surface area contributed by atoms with E-state index in [1.54, 1.807) is 6.92 Å². The second-order valence-corrected chi connectivity index (χ2v) is 11.2. The second-order valence-electron chi connectivity index (χ2n) is 11.2. The molecule has 0 radical (unpaired) electrons. The SMILES string of the molecule is C=C(CCCCCC(CCCCCC(C)=O)N(CCCN1CCCC1)C(=O)CCCCCCC)OCC. The van der Waals surface area contributed by atoms with Crippen LogP contribution in [0.25, 0.3) is 0 Å². The molecule has 1 unspecified atom stereocenters. The van der Waals surface area contributed by atoms with Crippen LogP contribution in [0, 0.1) is 0 Å². The third-order valence-electron chi connectivity index (χ3n) is 7.73. The summed E-state index contributed by atoms with van der Waals surface area (Å²) in [7, 11) is 0. The van der Waals surface area contributed by atoms with E-state index in [0.717, 1.165) is 89.5 Å². The van der Waals surface area contributed by atoms with Gasteiger partial charge in [-0.2, -0.15) is 0 Å². The Labute approximate surface area is 229 Å². The molecule has 0 aromatic heterocycles. The van der Waals surface area contributed by atoms with Crippen LogP contribution in [-0.4, -0.2) is 60.3 Å². The lowest BCUT2D eigenvalue weighted by atomic mass is 9.98. The van der Waals surface area contributed by atoms with Crippen LogP contribution in [0.2, 0.25) is 0 Å². The van der Waals surface area contributed by atoms with E-state index in [9.17, 15) is 9.59 Å². The van der Waals surface area contributed by atoms with Crippen molar-refractivity contribution < 1.29 is 14.3 Å². The molecule has 216 valence electrons. The molecule has 1 aliphatic rings. The van der Waals surface area contributed by atoms with Gasteiger partial charge in [0.1, 0.15) is 5.78 Å². The molecule has 1 aliphatic heterocycles. The molecule has 5 heteroatoms. The number of carbonyl (C=O) groups is 2. The number of ether oxygens (including phenoxy) is 1. The quantitative estimate of drug-likeness (QED) is 0.0902. The van der Waals surface area contributed by atoms with Gasteiger partial charge in [0.25, 0.3) is 0 Å². The molecule has 5 nitrogen and oxygen atoms in total. The van der Waals surface area contributed by atoms with Crippen molar-refractivity contribution in [2.75, 3.05) is 32.8 Å². The van der Waals surface area contributed by atoms with Gasteiger partial charge in [-0.05, 0) is 84.8 Å². The summed E-state index contributed by atoms with van der Waals surface area (Å²) in [6.07, 6.45) is 20.7. The Bertz CT molecular complexity index is 601. The van der Waals surface area contributed by atoms with E-state index in [-0.39, 0.29) is 5.78 Å². The van der Waals surface area contributed by atoms with Gasteiger partial charge in [0.15, 0.2) is 0 Å². The molecule has 0 aromatic carbocycles. The molecule has 1 atom stereocenters. The molecule has 1 rings (SSSR count). The summed E-state index contributed by atoms with van der Waals surface area (Å²) >= 11 is 0. The number of hydrogen-bond donors (Lipinski definition) is 0. The molecule has 0 saturated carbocycles. The van der Waals surface area contributed by atoms with Crippen molar-refractivity contribution >= 4 is 11.7 Å². The highest BCUT2D eigenvalue weighted by Gasteiger charge is 2.23. The van der Waals surface area contributed by atoms with Crippen molar-refractivity contribution in [3.63, 3.8) is 0 Å². The van der Waals surface area contributed by atoms with Gasteiger partial charge in [-0.3, -0.25) is 4.79 Å². The Hall–Kier alpha value is -1.36. The van der Waals surface area contributed by atoms with Crippen LogP contribution in [0.3, 0.4) is 0 Å². The standard InChI is InChI=1S/C32H60N2O3/c1-5-7-8-9-16-24-32(36)34(28-19-27-33-25-17-18-26-33)31(22-14-10-12-20-29(3)35)23-15-11-13-21-30(4)37-6-2/h31H,4-28H2,1-3H3. The van der Waals surface area contributed by atoms with Gasteiger partial charge in [-0.1, -0.05) is 64.9 Å². The average Bonchev–Trinajstić information content (AvgIpc) is 3.38. The molecule has 1 saturated heterocycles. The molecule has 0 aromatic rings. The first-order chi connectivity index (χ1) is 18.0. The van der Waals surface area contributed by atoms with Crippen LogP contribution in [0.1, 0.15) is 143 Å². The van der Waals surface area contributed by atoms with Crippen molar-refractivity contribution in [3.8, 4) is 0 Å². The van der Waals surface area contributed by atoms with Gasteiger partial charge in [-0.25, -0.2) is 0 Å². The van der Waals surface area contributed by atoms with Crippen LogP contribution in [0.5, 0.6) is 0 Å². The predicted molar refractivity (Wildman–Crippen MR) is 157 cm³/mol. The molecule has 1 heterocycles. The van der Waals surface area contributed by atoms with Crippen LogP contribution in [0.15, 0.2) is 12.3 Å². The van der Waals surface area contributed by atoms with Gasteiger partial charge in [-0.15, -0.1) is 0 Å². The maximum absolute atomic E-state index is 13.5. The third kappa shape index (κ3) is 17.7. The van der Waals surface area contributed by atoms with E-state index in [1.165, 1.54) is 51.6 Å².